The minimum Gasteiger partial charge on any atom is -0.326 e. The van der Waals surface area contributed by atoms with Crippen LogP contribution in [-0.4, -0.2) is 9.70 Å². The van der Waals surface area contributed by atoms with Crippen molar-refractivity contribution >= 4 is 46.4 Å². The van der Waals surface area contributed by atoms with E-state index >= 15 is 0 Å². The summed E-state index contributed by atoms with van der Waals surface area (Å²) >= 11 is 16.2. The number of anilines is 1. The number of amides is 1. The fourth-order valence-electron chi connectivity index (χ4n) is 0.978. The molecule has 0 heterocycles. The lowest BCUT2D eigenvalue weighted by Crippen LogP contribution is -2.26. The van der Waals surface area contributed by atoms with Crippen molar-refractivity contribution in [1.82, 2.24) is 0 Å². The number of rotatable bonds is 2. The van der Waals surface area contributed by atoms with Crippen molar-refractivity contribution in [2.24, 2.45) is 5.73 Å². The van der Waals surface area contributed by atoms with Crippen LogP contribution in [0.1, 0.15) is 5.56 Å². The maximum absolute atomic E-state index is 11.3. The van der Waals surface area contributed by atoms with E-state index in [-0.39, 0.29) is 0 Å². The predicted molar refractivity (Wildman–Crippen MR) is 63.3 cm³/mol. The van der Waals surface area contributed by atoms with Crippen LogP contribution in [-0.2, 0) is 11.3 Å². The highest BCUT2D eigenvalue weighted by molar-refractivity contribution is 6.76. The van der Waals surface area contributed by atoms with Crippen LogP contribution in [0.3, 0.4) is 0 Å². The number of alkyl halides is 3. The molecule has 15 heavy (non-hydrogen) atoms. The molecule has 0 saturated carbocycles. The molecule has 0 spiro atoms. The van der Waals surface area contributed by atoms with Crippen LogP contribution < -0.4 is 11.1 Å². The summed E-state index contributed by atoms with van der Waals surface area (Å²) in [5, 5.41) is 2.47. The van der Waals surface area contributed by atoms with Crippen molar-refractivity contribution < 1.29 is 4.79 Å². The molecule has 0 unspecified atom stereocenters. The SMILES string of the molecule is NCc1cccc(NC(=O)C(Cl)(Cl)Cl)c1. The minimum atomic E-state index is -1.96. The van der Waals surface area contributed by atoms with Gasteiger partial charge in [0.15, 0.2) is 0 Å². The van der Waals surface area contributed by atoms with Gasteiger partial charge < -0.3 is 11.1 Å². The van der Waals surface area contributed by atoms with Crippen LogP contribution in [0, 0.1) is 0 Å². The number of carbonyl (C=O) groups is 1. The third-order valence-corrected chi connectivity index (χ3v) is 2.19. The number of hydrogen-bond donors (Lipinski definition) is 2. The largest absolute Gasteiger partial charge is 0.326 e. The van der Waals surface area contributed by atoms with Gasteiger partial charge in [0.1, 0.15) is 0 Å². The van der Waals surface area contributed by atoms with E-state index in [1.165, 1.54) is 0 Å². The van der Waals surface area contributed by atoms with E-state index in [4.69, 9.17) is 40.5 Å². The summed E-state index contributed by atoms with van der Waals surface area (Å²) in [6.45, 7) is 0.386. The average Bonchev–Trinajstić information content (AvgIpc) is 2.16. The zero-order chi connectivity index (χ0) is 11.5. The Morgan fingerprint density at radius 1 is 1.40 bits per heavy atom. The van der Waals surface area contributed by atoms with E-state index in [1.807, 2.05) is 6.07 Å². The number of nitrogens with two attached hydrogens (primary N) is 1. The molecule has 1 aromatic carbocycles. The Balaban J connectivity index is 2.77. The van der Waals surface area contributed by atoms with E-state index in [1.54, 1.807) is 18.2 Å². The maximum Gasteiger partial charge on any atom is 0.276 e. The lowest BCUT2D eigenvalue weighted by Gasteiger charge is -2.11. The lowest BCUT2D eigenvalue weighted by molar-refractivity contribution is -0.115. The third-order valence-electron chi connectivity index (χ3n) is 1.68. The van der Waals surface area contributed by atoms with Gasteiger partial charge in [0, 0.05) is 12.2 Å². The van der Waals surface area contributed by atoms with Gasteiger partial charge in [-0.25, -0.2) is 0 Å². The Morgan fingerprint density at radius 3 is 2.60 bits per heavy atom. The van der Waals surface area contributed by atoms with Crippen molar-refractivity contribution in [2.75, 3.05) is 5.32 Å². The highest BCUT2D eigenvalue weighted by Crippen LogP contribution is 2.27. The van der Waals surface area contributed by atoms with Crippen molar-refractivity contribution in [3.63, 3.8) is 0 Å². The Labute approximate surface area is 102 Å². The smallest absolute Gasteiger partial charge is 0.276 e. The molecule has 0 radical (unpaired) electrons. The summed E-state index contributed by atoms with van der Waals surface area (Å²) in [5.74, 6) is -0.693. The fourth-order valence-corrected chi connectivity index (χ4v) is 1.12. The first-order valence-electron chi connectivity index (χ1n) is 4.10. The molecular weight excluding hydrogens is 258 g/mol. The van der Waals surface area contributed by atoms with Gasteiger partial charge in [0.2, 0.25) is 0 Å². The molecule has 0 aliphatic rings. The molecule has 0 aliphatic carbocycles. The second kappa shape index (κ2) is 5.03. The second-order valence-electron chi connectivity index (χ2n) is 2.86. The maximum atomic E-state index is 11.3. The normalized spacial score (nSPS) is 11.2. The van der Waals surface area contributed by atoms with Gasteiger partial charge in [-0.15, -0.1) is 0 Å². The topological polar surface area (TPSA) is 55.1 Å². The Kier molecular flexibility index (Phi) is 4.22. The Bertz CT molecular complexity index is 363. The molecule has 1 amide bonds. The predicted octanol–water partition coefficient (Wildman–Crippen LogP) is 2.45. The van der Waals surface area contributed by atoms with Crippen LogP contribution in [0.15, 0.2) is 24.3 Å². The van der Waals surface area contributed by atoms with E-state index < -0.39 is 9.70 Å². The summed E-state index contributed by atoms with van der Waals surface area (Å²) in [4.78, 5) is 11.3. The molecule has 0 bridgehead atoms. The van der Waals surface area contributed by atoms with E-state index in [0.717, 1.165) is 5.56 Å². The molecule has 0 aromatic heterocycles. The van der Waals surface area contributed by atoms with Gasteiger partial charge in [0.05, 0.1) is 0 Å². The van der Waals surface area contributed by atoms with Gasteiger partial charge in [-0.3, -0.25) is 4.79 Å². The summed E-state index contributed by atoms with van der Waals surface area (Å²) in [6, 6.07) is 7.00. The van der Waals surface area contributed by atoms with E-state index in [9.17, 15) is 4.79 Å². The van der Waals surface area contributed by atoms with Crippen LogP contribution in [0.4, 0.5) is 5.69 Å². The molecule has 0 aliphatic heterocycles. The van der Waals surface area contributed by atoms with Gasteiger partial charge in [-0.05, 0) is 17.7 Å². The van der Waals surface area contributed by atoms with Crippen LogP contribution in [0.2, 0.25) is 0 Å². The van der Waals surface area contributed by atoms with E-state index in [0.29, 0.717) is 12.2 Å². The summed E-state index contributed by atoms with van der Waals surface area (Å²) in [6.07, 6.45) is 0. The highest BCUT2D eigenvalue weighted by atomic mass is 35.6. The lowest BCUT2D eigenvalue weighted by atomic mass is 10.2. The Morgan fingerprint density at radius 2 is 2.07 bits per heavy atom. The molecule has 0 saturated heterocycles. The molecule has 6 heteroatoms. The van der Waals surface area contributed by atoms with Gasteiger partial charge in [0.25, 0.3) is 9.70 Å². The van der Waals surface area contributed by atoms with E-state index in [2.05, 4.69) is 5.32 Å². The van der Waals surface area contributed by atoms with Crippen molar-refractivity contribution in [2.45, 2.75) is 10.3 Å². The van der Waals surface area contributed by atoms with Crippen LogP contribution in [0.25, 0.3) is 0 Å². The standard InChI is InChI=1S/C9H9Cl3N2O/c10-9(11,12)8(15)14-7-3-1-2-6(4-7)5-13/h1-4H,5,13H2,(H,14,15). The van der Waals surface area contributed by atoms with Crippen LogP contribution >= 0.6 is 34.8 Å². The number of benzene rings is 1. The molecule has 3 N–H and O–H groups in total. The molecule has 82 valence electrons. The quantitative estimate of drug-likeness (QED) is 0.809. The molecular formula is C9H9Cl3N2O. The number of hydrogen-bond acceptors (Lipinski definition) is 2. The summed E-state index contributed by atoms with van der Waals surface area (Å²) < 4.78 is -1.96. The first-order valence-corrected chi connectivity index (χ1v) is 5.24. The monoisotopic (exact) mass is 266 g/mol. The molecule has 1 rings (SSSR count). The Hall–Kier alpha value is -0.480. The van der Waals surface area contributed by atoms with Gasteiger partial charge in [-0.2, -0.15) is 0 Å². The molecule has 1 aromatic rings. The fraction of sp³-hybridized carbons (Fsp3) is 0.222. The van der Waals surface area contributed by atoms with Crippen molar-refractivity contribution in [1.29, 1.82) is 0 Å². The number of halogens is 3. The van der Waals surface area contributed by atoms with Crippen LogP contribution in [0.5, 0.6) is 0 Å². The summed E-state index contributed by atoms with van der Waals surface area (Å²) in [7, 11) is 0. The van der Waals surface area contributed by atoms with Crippen molar-refractivity contribution in [3.8, 4) is 0 Å². The zero-order valence-corrected chi connectivity index (χ0v) is 9.90. The summed E-state index contributed by atoms with van der Waals surface area (Å²) in [5.41, 5.74) is 6.88. The number of carbonyl (C=O) groups excluding carboxylic acids is 1. The zero-order valence-electron chi connectivity index (χ0n) is 7.64. The average molecular weight is 268 g/mol. The second-order valence-corrected chi connectivity index (χ2v) is 5.14. The van der Waals surface area contributed by atoms with Gasteiger partial charge in [-0.1, -0.05) is 46.9 Å². The molecule has 0 atom stereocenters. The third kappa shape index (κ3) is 3.87. The first-order chi connectivity index (χ1) is 6.93. The number of nitrogens with one attached hydrogen (secondary N) is 1. The minimum absolute atomic E-state index is 0.386. The van der Waals surface area contributed by atoms with Gasteiger partial charge >= 0.3 is 0 Å². The molecule has 3 nitrogen and oxygen atoms in total. The first kappa shape index (κ1) is 12.6. The highest BCUT2D eigenvalue weighted by Gasteiger charge is 2.30. The van der Waals surface area contributed by atoms with Crippen molar-refractivity contribution in [3.05, 3.63) is 29.8 Å². The molecule has 0 fully saturated rings.